The molecule has 0 aliphatic carbocycles. The molecule has 0 saturated heterocycles. The minimum atomic E-state index is -0.875. The molecule has 0 aliphatic rings. The van der Waals surface area contributed by atoms with Crippen LogP contribution in [0.4, 0.5) is 14.7 Å². The Kier molecular flexibility index (Phi) is 8.75. The molecular formula is C19H23F2N5O4. The van der Waals surface area contributed by atoms with E-state index in [1.54, 1.807) is 7.11 Å². The molecule has 0 bridgehead atoms. The third-order valence-corrected chi connectivity index (χ3v) is 3.77. The Morgan fingerprint density at radius 1 is 1.13 bits per heavy atom. The quantitative estimate of drug-likeness (QED) is 0.418. The van der Waals surface area contributed by atoms with Crippen LogP contribution >= 0.6 is 0 Å². The molecule has 1 heterocycles. The fraction of sp³-hybridized carbons (Fsp3) is 0.316. The van der Waals surface area contributed by atoms with Gasteiger partial charge in [0, 0.05) is 25.6 Å². The van der Waals surface area contributed by atoms with Crippen molar-refractivity contribution in [3.8, 4) is 17.2 Å². The van der Waals surface area contributed by atoms with E-state index < -0.39 is 18.2 Å². The van der Waals surface area contributed by atoms with Crippen LogP contribution < -0.4 is 25.3 Å². The smallest absolute Gasteiger partial charge is 0.227 e. The van der Waals surface area contributed by atoms with Crippen molar-refractivity contribution in [2.45, 2.75) is 6.61 Å². The van der Waals surface area contributed by atoms with Crippen molar-refractivity contribution in [2.24, 2.45) is 10.7 Å². The van der Waals surface area contributed by atoms with Gasteiger partial charge in [-0.2, -0.15) is 0 Å². The van der Waals surface area contributed by atoms with Crippen molar-refractivity contribution in [3.63, 3.8) is 0 Å². The minimum Gasteiger partial charge on any atom is -0.494 e. The first-order chi connectivity index (χ1) is 14.5. The highest BCUT2D eigenvalue weighted by Gasteiger charge is 2.20. The van der Waals surface area contributed by atoms with Crippen molar-refractivity contribution in [1.82, 2.24) is 9.97 Å². The summed E-state index contributed by atoms with van der Waals surface area (Å²) in [5.41, 5.74) is 5.67. The van der Waals surface area contributed by atoms with Gasteiger partial charge in [0.25, 0.3) is 0 Å². The van der Waals surface area contributed by atoms with Crippen LogP contribution in [0.2, 0.25) is 0 Å². The molecule has 0 saturated carbocycles. The van der Waals surface area contributed by atoms with Gasteiger partial charge in [-0.05, 0) is 0 Å². The molecule has 0 fully saturated rings. The third-order valence-electron chi connectivity index (χ3n) is 3.77. The van der Waals surface area contributed by atoms with Gasteiger partial charge in [-0.1, -0.05) is 0 Å². The fourth-order valence-corrected chi connectivity index (χ4v) is 2.23. The Hall–Kier alpha value is -3.47. The van der Waals surface area contributed by atoms with Gasteiger partial charge >= 0.3 is 0 Å². The van der Waals surface area contributed by atoms with Crippen LogP contribution in [0.5, 0.6) is 17.2 Å². The molecule has 0 spiro atoms. The number of aromatic nitrogens is 2. The normalized spacial score (nSPS) is 11.6. The van der Waals surface area contributed by atoms with E-state index in [1.165, 1.54) is 39.0 Å². The molecule has 2 rings (SSSR count). The minimum absolute atomic E-state index is 0.157. The van der Waals surface area contributed by atoms with Crippen LogP contribution in [0, 0.1) is 11.6 Å². The lowest BCUT2D eigenvalue weighted by Gasteiger charge is -2.13. The number of allylic oxidation sites excluding steroid dienone is 1. The molecule has 9 nitrogen and oxygen atoms in total. The predicted molar refractivity (Wildman–Crippen MR) is 107 cm³/mol. The van der Waals surface area contributed by atoms with Gasteiger partial charge in [0.05, 0.1) is 51.0 Å². The van der Waals surface area contributed by atoms with E-state index in [0.717, 1.165) is 6.07 Å². The highest BCUT2D eigenvalue weighted by molar-refractivity contribution is 5.81. The second kappa shape index (κ2) is 11.5. The Labute approximate surface area is 172 Å². The predicted octanol–water partition coefficient (Wildman–Crippen LogP) is 2.28. The van der Waals surface area contributed by atoms with E-state index in [2.05, 4.69) is 20.3 Å². The summed E-state index contributed by atoms with van der Waals surface area (Å²) in [5, 5.41) is 2.87. The summed E-state index contributed by atoms with van der Waals surface area (Å²) in [6.07, 6.45) is 5.53. The standard InChI is InChI=1S/C19H23F2N5O4/c1-27-5-4-23-8-12(7-22)26-19-24-9-13(10-25-19)30-11-14-17(20)15(28-2)6-16(29-3)18(14)21/h6-10H,4-5,11,22H2,1-3H3,(H,24,25,26). The lowest BCUT2D eigenvalue weighted by molar-refractivity contribution is 0.208. The van der Waals surface area contributed by atoms with E-state index in [-0.39, 0.29) is 28.8 Å². The van der Waals surface area contributed by atoms with Gasteiger partial charge in [0.2, 0.25) is 5.95 Å². The Balaban J connectivity index is 2.04. The van der Waals surface area contributed by atoms with Crippen LogP contribution in [-0.4, -0.2) is 50.7 Å². The Morgan fingerprint density at radius 2 is 1.77 bits per heavy atom. The van der Waals surface area contributed by atoms with E-state index in [9.17, 15) is 8.78 Å². The van der Waals surface area contributed by atoms with Crippen molar-refractivity contribution in [3.05, 3.63) is 47.6 Å². The number of rotatable bonds is 11. The first-order valence-corrected chi connectivity index (χ1v) is 8.75. The molecule has 1 aromatic heterocycles. The SMILES string of the molecule is COCCN=CC(=CN)Nc1ncc(OCc2c(F)c(OC)cc(OC)c2F)cn1. The topological polar surface area (TPSA) is 113 Å². The number of benzene rings is 1. The number of nitrogens with one attached hydrogen (secondary N) is 1. The number of nitrogens with two attached hydrogens (primary N) is 1. The monoisotopic (exact) mass is 423 g/mol. The molecule has 162 valence electrons. The van der Waals surface area contributed by atoms with Crippen molar-refractivity contribution >= 4 is 12.2 Å². The molecular weight excluding hydrogens is 400 g/mol. The van der Waals surface area contributed by atoms with Crippen LogP contribution in [-0.2, 0) is 11.3 Å². The average molecular weight is 423 g/mol. The van der Waals surface area contributed by atoms with Gasteiger partial charge in [-0.15, -0.1) is 0 Å². The summed E-state index contributed by atoms with van der Waals surface area (Å²) in [7, 11) is 4.12. The number of halogens is 2. The molecule has 0 aliphatic heterocycles. The van der Waals surface area contributed by atoms with E-state index in [1.807, 2.05) is 0 Å². The number of nitrogens with zero attached hydrogens (tertiary/aromatic N) is 3. The molecule has 11 heteroatoms. The Bertz CT molecular complexity index is 863. The van der Waals surface area contributed by atoms with Crippen LogP contribution in [0.15, 0.2) is 35.3 Å². The highest BCUT2D eigenvalue weighted by Crippen LogP contribution is 2.31. The first-order valence-electron chi connectivity index (χ1n) is 8.75. The molecule has 30 heavy (non-hydrogen) atoms. The van der Waals surface area contributed by atoms with Gasteiger partial charge in [0.15, 0.2) is 28.9 Å². The molecule has 0 radical (unpaired) electrons. The van der Waals surface area contributed by atoms with Crippen LogP contribution in [0.25, 0.3) is 0 Å². The van der Waals surface area contributed by atoms with Crippen LogP contribution in [0.3, 0.4) is 0 Å². The number of anilines is 1. The highest BCUT2D eigenvalue weighted by atomic mass is 19.1. The number of hydrogen-bond donors (Lipinski definition) is 2. The first kappa shape index (κ1) is 22.8. The largest absolute Gasteiger partial charge is 0.494 e. The maximum absolute atomic E-state index is 14.4. The zero-order chi connectivity index (χ0) is 21.9. The second-order valence-electron chi connectivity index (χ2n) is 5.69. The summed E-state index contributed by atoms with van der Waals surface area (Å²) in [6.45, 7) is 0.546. The number of ether oxygens (including phenoxy) is 4. The summed E-state index contributed by atoms with van der Waals surface area (Å²) < 4.78 is 48.8. The second-order valence-corrected chi connectivity index (χ2v) is 5.69. The lowest BCUT2D eigenvalue weighted by atomic mass is 10.1. The lowest BCUT2D eigenvalue weighted by Crippen LogP contribution is -2.08. The molecule has 1 aromatic carbocycles. The molecule has 0 amide bonds. The van der Waals surface area contributed by atoms with E-state index in [0.29, 0.717) is 18.8 Å². The zero-order valence-corrected chi connectivity index (χ0v) is 16.8. The number of hydrogen-bond acceptors (Lipinski definition) is 9. The molecule has 3 N–H and O–H groups in total. The van der Waals surface area contributed by atoms with Gasteiger partial charge in [-0.25, -0.2) is 18.7 Å². The van der Waals surface area contributed by atoms with E-state index in [4.69, 9.17) is 24.7 Å². The summed E-state index contributed by atoms with van der Waals surface area (Å²) >= 11 is 0. The van der Waals surface area contributed by atoms with Crippen molar-refractivity contribution < 1.29 is 27.7 Å². The van der Waals surface area contributed by atoms with Gasteiger partial charge in [0.1, 0.15) is 6.61 Å². The number of aliphatic imine (C=N–C) groups is 1. The maximum Gasteiger partial charge on any atom is 0.227 e. The molecule has 0 unspecified atom stereocenters. The van der Waals surface area contributed by atoms with Gasteiger partial charge in [-0.3, -0.25) is 4.99 Å². The van der Waals surface area contributed by atoms with E-state index >= 15 is 0 Å². The summed E-state index contributed by atoms with van der Waals surface area (Å²) in [6, 6.07) is 1.12. The van der Waals surface area contributed by atoms with Crippen LogP contribution in [0.1, 0.15) is 5.56 Å². The molecule has 2 aromatic rings. The zero-order valence-electron chi connectivity index (χ0n) is 16.8. The fourth-order valence-electron chi connectivity index (χ4n) is 2.23. The number of methoxy groups -OCH3 is 3. The maximum atomic E-state index is 14.4. The van der Waals surface area contributed by atoms with Gasteiger partial charge < -0.3 is 30.0 Å². The molecule has 0 atom stereocenters. The summed E-state index contributed by atoms with van der Waals surface area (Å²) in [5.74, 6) is -1.63. The summed E-state index contributed by atoms with van der Waals surface area (Å²) in [4.78, 5) is 12.3. The van der Waals surface area contributed by atoms with Crippen molar-refractivity contribution in [1.29, 1.82) is 0 Å². The van der Waals surface area contributed by atoms with Crippen molar-refractivity contribution in [2.75, 3.05) is 39.8 Å². The Morgan fingerprint density at radius 3 is 2.30 bits per heavy atom. The third kappa shape index (κ3) is 6.01. The average Bonchev–Trinajstić information content (AvgIpc) is 2.77.